The third-order valence-corrected chi connectivity index (χ3v) is 6.59. The van der Waals surface area contributed by atoms with Crippen molar-refractivity contribution in [3.8, 4) is 5.75 Å². The van der Waals surface area contributed by atoms with Crippen LogP contribution in [0.3, 0.4) is 0 Å². The van der Waals surface area contributed by atoms with Crippen molar-refractivity contribution in [2.45, 2.75) is 18.7 Å². The Morgan fingerprint density at radius 3 is 2.58 bits per heavy atom. The van der Waals surface area contributed by atoms with Gasteiger partial charge in [0.15, 0.2) is 5.54 Å². The van der Waals surface area contributed by atoms with Crippen molar-refractivity contribution < 1.29 is 23.5 Å². The number of rotatable bonds is 6. The normalized spacial score (nSPS) is 19.6. The minimum atomic E-state index is -1.52. The van der Waals surface area contributed by atoms with Gasteiger partial charge in [0.05, 0.1) is 17.3 Å². The summed E-state index contributed by atoms with van der Waals surface area (Å²) in [7, 11) is 0.447. The molecule has 0 radical (unpaired) electrons. The van der Waals surface area contributed by atoms with Gasteiger partial charge in [0.1, 0.15) is 18.2 Å². The highest BCUT2D eigenvalue weighted by molar-refractivity contribution is 6.30. The minimum Gasteiger partial charge on any atom is -0.489 e. The molecule has 0 aromatic heterocycles. The van der Waals surface area contributed by atoms with Gasteiger partial charge in [0.2, 0.25) is 0 Å². The largest absolute Gasteiger partial charge is 0.489 e. The summed E-state index contributed by atoms with van der Waals surface area (Å²) in [6.45, 7) is 0.458. The molecule has 3 heterocycles. The highest BCUT2D eigenvalue weighted by atomic mass is 19.1. The first kappa shape index (κ1) is 22.0. The van der Waals surface area contributed by atoms with Crippen LogP contribution in [0.2, 0.25) is 0 Å². The van der Waals surface area contributed by atoms with Crippen LogP contribution in [0.4, 0.5) is 9.18 Å². The first-order valence-electron chi connectivity index (χ1n) is 11.3. The van der Waals surface area contributed by atoms with E-state index >= 15 is 0 Å². The quantitative estimate of drug-likeness (QED) is 0.396. The molecule has 1 atom stereocenters. The summed E-state index contributed by atoms with van der Waals surface area (Å²) in [4.78, 5) is 48.1. The fourth-order valence-corrected chi connectivity index (χ4v) is 4.77. The predicted octanol–water partition coefficient (Wildman–Crippen LogP) is 0.615. The first-order valence-corrected chi connectivity index (χ1v) is 11.3. The van der Waals surface area contributed by atoms with Crippen LogP contribution in [0, 0.1) is 5.82 Å². The van der Waals surface area contributed by atoms with Gasteiger partial charge in [-0.15, -0.1) is 0 Å². The van der Waals surface area contributed by atoms with Crippen LogP contribution in [0.5, 0.6) is 5.75 Å². The van der Waals surface area contributed by atoms with Gasteiger partial charge in [-0.2, -0.15) is 0 Å². The lowest BCUT2D eigenvalue weighted by Crippen LogP contribution is -2.52. The number of nitrogens with one attached hydrogen (secondary N) is 2. The molecule has 1 unspecified atom stereocenters. The number of carbonyl (C=O) groups excluding carboxylic acids is 3. The Morgan fingerprint density at radius 1 is 1.00 bits per heavy atom. The standard InChI is InChI=1S/C25H19BFN5O4/c27-17-4-2-16(3-5-17)25(23(34)28-24(35)29-25)13-32-11-15-10-18(6-7-19(15)22(32)33)36-12-14-1-8-20-21(9-14)31-26-30-20/h1-10,26H,11-13H2,(H2,28,29,34,35). The summed E-state index contributed by atoms with van der Waals surface area (Å²) in [6.07, 6.45) is 0. The smallest absolute Gasteiger partial charge is 0.395 e. The summed E-state index contributed by atoms with van der Waals surface area (Å²) in [6, 6.07) is 15.6. The molecule has 178 valence electrons. The number of urea groups is 1. The second kappa shape index (κ2) is 8.30. The van der Waals surface area contributed by atoms with Gasteiger partial charge in [0, 0.05) is 12.1 Å². The SMILES string of the molecule is O=C1NC(=O)C(CN2Cc3cc(OCc4ccc5c(c4)=NBN=5)ccc3C2=O)(c2ccc(F)cc2)N1. The fourth-order valence-electron chi connectivity index (χ4n) is 4.77. The average molecular weight is 483 g/mol. The van der Waals surface area contributed by atoms with Crippen LogP contribution < -0.4 is 26.1 Å². The second-order valence-corrected chi connectivity index (χ2v) is 8.87. The van der Waals surface area contributed by atoms with Crippen LogP contribution in [0.25, 0.3) is 0 Å². The molecule has 11 heteroatoms. The van der Waals surface area contributed by atoms with Gasteiger partial charge >= 0.3 is 13.6 Å². The van der Waals surface area contributed by atoms with E-state index in [9.17, 15) is 18.8 Å². The lowest BCUT2D eigenvalue weighted by Gasteiger charge is -2.31. The lowest BCUT2D eigenvalue weighted by molar-refractivity contribution is -0.124. The molecule has 3 aromatic rings. The molecule has 3 aliphatic heterocycles. The first-order chi connectivity index (χ1) is 17.4. The molecule has 1 fully saturated rings. The maximum atomic E-state index is 13.5. The Morgan fingerprint density at radius 2 is 1.81 bits per heavy atom. The molecule has 3 aliphatic rings. The van der Waals surface area contributed by atoms with Crippen molar-refractivity contribution in [1.82, 2.24) is 15.5 Å². The molecule has 3 aromatic carbocycles. The fraction of sp³-hybridized carbons (Fsp3) is 0.160. The number of halogens is 1. The van der Waals surface area contributed by atoms with Crippen molar-refractivity contribution in [2.24, 2.45) is 9.81 Å². The molecule has 9 nitrogen and oxygen atoms in total. The van der Waals surface area contributed by atoms with Gasteiger partial charge in [-0.05, 0) is 59.2 Å². The summed E-state index contributed by atoms with van der Waals surface area (Å²) < 4.78 is 19.5. The number of hydrogen-bond acceptors (Lipinski definition) is 6. The highest BCUT2D eigenvalue weighted by Gasteiger charge is 2.50. The zero-order valence-electron chi connectivity index (χ0n) is 19.0. The Balaban J connectivity index is 1.21. The molecule has 0 saturated carbocycles. The van der Waals surface area contributed by atoms with Crippen LogP contribution in [-0.4, -0.2) is 36.8 Å². The maximum Gasteiger partial charge on any atom is 0.395 e. The number of imide groups is 1. The van der Waals surface area contributed by atoms with E-state index in [2.05, 4.69) is 20.4 Å². The Hall–Kier alpha value is -4.54. The molecular formula is C25H19BFN5O4. The average Bonchev–Trinajstić information content (AvgIpc) is 3.54. The van der Waals surface area contributed by atoms with Gasteiger partial charge in [-0.3, -0.25) is 14.9 Å². The van der Waals surface area contributed by atoms with Crippen LogP contribution in [-0.2, 0) is 23.5 Å². The van der Waals surface area contributed by atoms with Crippen molar-refractivity contribution in [3.63, 3.8) is 0 Å². The second-order valence-electron chi connectivity index (χ2n) is 8.87. The molecule has 0 aliphatic carbocycles. The minimum absolute atomic E-state index is 0.108. The molecule has 0 spiro atoms. The number of amides is 4. The number of nitrogens with zero attached hydrogens (tertiary/aromatic N) is 3. The van der Waals surface area contributed by atoms with E-state index in [4.69, 9.17) is 4.74 Å². The Kier molecular flexibility index (Phi) is 5.06. The zero-order valence-corrected chi connectivity index (χ0v) is 19.0. The summed E-state index contributed by atoms with van der Waals surface area (Å²) in [5, 5.41) is 6.60. The van der Waals surface area contributed by atoms with E-state index < -0.39 is 23.3 Å². The molecule has 1 saturated heterocycles. The van der Waals surface area contributed by atoms with E-state index in [0.717, 1.165) is 21.8 Å². The van der Waals surface area contributed by atoms with Gasteiger partial charge in [0.25, 0.3) is 11.8 Å². The monoisotopic (exact) mass is 483 g/mol. The highest BCUT2D eigenvalue weighted by Crippen LogP contribution is 2.32. The van der Waals surface area contributed by atoms with E-state index in [1.54, 1.807) is 18.2 Å². The van der Waals surface area contributed by atoms with Crippen molar-refractivity contribution >= 4 is 25.4 Å². The predicted molar refractivity (Wildman–Crippen MR) is 126 cm³/mol. The van der Waals surface area contributed by atoms with Crippen LogP contribution in [0.1, 0.15) is 27.0 Å². The van der Waals surface area contributed by atoms with Crippen LogP contribution in [0.15, 0.2) is 70.5 Å². The molecular weight excluding hydrogens is 464 g/mol. The van der Waals surface area contributed by atoms with Gasteiger partial charge in [-0.25, -0.2) is 9.18 Å². The third-order valence-electron chi connectivity index (χ3n) is 6.59. The summed E-state index contributed by atoms with van der Waals surface area (Å²) in [5.74, 6) is -0.734. The molecule has 6 rings (SSSR count). The van der Waals surface area contributed by atoms with E-state index in [-0.39, 0.29) is 19.0 Å². The third kappa shape index (κ3) is 3.69. The Bertz CT molecular complexity index is 1560. The lowest BCUT2D eigenvalue weighted by atomic mass is 9.89. The molecule has 0 bridgehead atoms. The van der Waals surface area contributed by atoms with Crippen molar-refractivity contribution in [1.29, 1.82) is 0 Å². The zero-order chi connectivity index (χ0) is 24.9. The number of benzene rings is 3. The van der Waals surface area contributed by atoms with E-state index in [0.29, 0.717) is 31.0 Å². The number of hydrogen-bond donors (Lipinski definition) is 2. The van der Waals surface area contributed by atoms with Crippen molar-refractivity contribution in [2.75, 3.05) is 6.54 Å². The number of fused-ring (bicyclic) bond motifs is 2. The summed E-state index contributed by atoms with van der Waals surface area (Å²) in [5.41, 5.74) is 1.07. The van der Waals surface area contributed by atoms with Gasteiger partial charge < -0.3 is 24.8 Å². The Labute approximate surface area is 205 Å². The van der Waals surface area contributed by atoms with E-state index in [1.807, 2.05) is 18.2 Å². The molecule has 36 heavy (non-hydrogen) atoms. The topological polar surface area (TPSA) is 112 Å². The van der Waals surface area contributed by atoms with E-state index in [1.165, 1.54) is 29.2 Å². The number of carbonyl (C=O) groups is 3. The van der Waals surface area contributed by atoms with Crippen LogP contribution >= 0.6 is 0 Å². The molecule has 4 amide bonds. The van der Waals surface area contributed by atoms with Gasteiger partial charge in [-0.1, -0.05) is 18.2 Å². The van der Waals surface area contributed by atoms with Crippen molar-refractivity contribution in [3.05, 3.63) is 99.4 Å². The number of ether oxygens (including phenoxy) is 1. The summed E-state index contributed by atoms with van der Waals surface area (Å²) >= 11 is 0. The maximum absolute atomic E-state index is 13.5. The molecule has 2 N–H and O–H groups in total.